The Hall–Kier alpha value is -2.40. The number of benzene rings is 2. The van der Waals surface area contributed by atoms with Crippen molar-refractivity contribution in [2.45, 2.75) is 63.6 Å². The summed E-state index contributed by atoms with van der Waals surface area (Å²) in [5.41, 5.74) is 3.14. The monoisotopic (exact) mass is 477 g/mol. The third kappa shape index (κ3) is 3.25. The van der Waals surface area contributed by atoms with Crippen LogP contribution in [-0.2, 0) is 10.3 Å². The lowest BCUT2D eigenvalue weighted by atomic mass is 9.79. The molecule has 1 amide bonds. The van der Waals surface area contributed by atoms with E-state index in [1.54, 1.807) is 0 Å². The zero-order chi connectivity index (χ0) is 21.6. The van der Waals surface area contributed by atoms with Crippen LogP contribution in [-0.4, -0.2) is 32.4 Å². The number of imidazole rings is 1. The third-order valence-electron chi connectivity index (χ3n) is 7.17. The van der Waals surface area contributed by atoms with Gasteiger partial charge in [-0.3, -0.25) is 4.79 Å². The molecule has 5 heteroatoms. The van der Waals surface area contributed by atoms with Gasteiger partial charge in [-0.05, 0) is 62.8 Å². The van der Waals surface area contributed by atoms with Gasteiger partial charge in [-0.1, -0.05) is 52.3 Å². The molecule has 1 fully saturated rings. The highest BCUT2D eigenvalue weighted by Crippen LogP contribution is 2.49. The van der Waals surface area contributed by atoms with Gasteiger partial charge in [0.25, 0.3) is 0 Å². The zero-order valence-corrected chi connectivity index (χ0v) is 19.7. The number of fused-ring (bicyclic) bond motifs is 3. The average molecular weight is 478 g/mol. The van der Waals surface area contributed by atoms with E-state index in [4.69, 9.17) is 0 Å². The van der Waals surface area contributed by atoms with Crippen LogP contribution in [0.15, 0.2) is 65.4 Å². The second kappa shape index (κ2) is 7.94. The molecule has 1 saturated heterocycles. The summed E-state index contributed by atoms with van der Waals surface area (Å²) in [6.07, 6.45) is 8.57. The van der Waals surface area contributed by atoms with Gasteiger partial charge >= 0.3 is 0 Å². The molecule has 0 aliphatic carbocycles. The van der Waals surface area contributed by atoms with E-state index in [0.29, 0.717) is 24.9 Å². The van der Waals surface area contributed by atoms with E-state index in [0.717, 1.165) is 28.7 Å². The van der Waals surface area contributed by atoms with Crippen molar-refractivity contribution in [1.29, 1.82) is 0 Å². The van der Waals surface area contributed by atoms with Gasteiger partial charge in [0.15, 0.2) is 0 Å². The molecule has 0 N–H and O–H groups in total. The van der Waals surface area contributed by atoms with Gasteiger partial charge in [0.05, 0.1) is 5.54 Å². The summed E-state index contributed by atoms with van der Waals surface area (Å²) in [5, 5.41) is 0. The number of carbonyl (C=O) groups excluding carboxylic acids is 1. The van der Waals surface area contributed by atoms with Crippen molar-refractivity contribution in [3.8, 4) is 11.4 Å². The molecule has 0 spiro atoms. The Bertz CT molecular complexity index is 1100. The van der Waals surface area contributed by atoms with Crippen LogP contribution in [0.3, 0.4) is 0 Å². The van der Waals surface area contributed by atoms with Crippen LogP contribution in [0.5, 0.6) is 0 Å². The van der Waals surface area contributed by atoms with Crippen LogP contribution in [0.4, 0.5) is 0 Å². The van der Waals surface area contributed by atoms with E-state index in [2.05, 4.69) is 99.0 Å². The summed E-state index contributed by atoms with van der Waals surface area (Å²) in [7, 11) is 0. The average Bonchev–Trinajstić information content (AvgIpc) is 3.34. The van der Waals surface area contributed by atoms with Gasteiger partial charge in [0.2, 0.25) is 5.91 Å². The number of amides is 1. The molecule has 2 aliphatic rings. The predicted molar refractivity (Wildman–Crippen MR) is 127 cm³/mol. The maximum Gasteiger partial charge on any atom is 0.223 e. The maximum atomic E-state index is 13.5. The number of likely N-dealkylation sites (tertiary alicyclic amines) is 1. The summed E-state index contributed by atoms with van der Waals surface area (Å²) in [5.74, 6) is 1.24. The smallest absolute Gasteiger partial charge is 0.223 e. The van der Waals surface area contributed by atoms with E-state index in [9.17, 15) is 4.79 Å². The van der Waals surface area contributed by atoms with Crippen molar-refractivity contribution in [3.63, 3.8) is 0 Å². The van der Waals surface area contributed by atoms with E-state index >= 15 is 0 Å². The first-order chi connectivity index (χ1) is 15.0. The van der Waals surface area contributed by atoms with Gasteiger partial charge in [-0.25, -0.2) is 4.98 Å². The summed E-state index contributed by atoms with van der Waals surface area (Å²) in [4.78, 5) is 20.3. The fraction of sp³-hybridized carbons (Fsp3) is 0.385. The first-order valence-corrected chi connectivity index (χ1v) is 12.0. The molecule has 5 rings (SSSR count). The molecule has 2 aromatic carbocycles. The van der Waals surface area contributed by atoms with Gasteiger partial charge in [0.1, 0.15) is 5.82 Å². The minimum atomic E-state index is -0.430. The number of rotatable bonds is 4. The Labute approximate surface area is 192 Å². The Morgan fingerprint density at radius 1 is 1.10 bits per heavy atom. The number of piperidine rings is 1. The second-order valence-electron chi connectivity index (χ2n) is 8.96. The van der Waals surface area contributed by atoms with E-state index in [1.165, 1.54) is 17.5 Å². The molecule has 3 atom stereocenters. The molecule has 3 unspecified atom stereocenters. The highest BCUT2D eigenvalue weighted by Gasteiger charge is 2.45. The van der Waals surface area contributed by atoms with Crippen LogP contribution >= 0.6 is 15.9 Å². The normalized spacial score (nSPS) is 24.7. The van der Waals surface area contributed by atoms with Crippen LogP contribution in [0.1, 0.15) is 57.1 Å². The van der Waals surface area contributed by atoms with Crippen LogP contribution in [0, 0.1) is 0 Å². The van der Waals surface area contributed by atoms with Crippen molar-refractivity contribution in [2.24, 2.45) is 0 Å². The SMILES string of the molecule is CC1CCCC(C)N1C(=O)CCC1(c2ccc(Br)cc2)c2ccccc2-c2nccn21. The number of halogens is 1. The lowest BCUT2D eigenvalue weighted by Crippen LogP contribution is -2.48. The largest absolute Gasteiger partial charge is 0.337 e. The van der Waals surface area contributed by atoms with Crippen molar-refractivity contribution in [2.75, 3.05) is 0 Å². The van der Waals surface area contributed by atoms with Crippen molar-refractivity contribution >= 4 is 21.8 Å². The Morgan fingerprint density at radius 3 is 2.55 bits per heavy atom. The van der Waals surface area contributed by atoms with Crippen LogP contribution in [0.25, 0.3) is 11.4 Å². The molecule has 1 aromatic heterocycles. The minimum absolute atomic E-state index is 0.266. The second-order valence-corrected chi connectivity index (χ2v) is 9.88. The Balaban J connectivity index is 1.57. The number of carbonyl (C=O) groups is 1. The molecular weight excluding hydrogens is 450 g/mol. The van der Waals surface area contributed by atoms with Crippen LogP contribution in [0.2, 0.25) is 0 Å². The fourth-order valence-corrected chi connectivity index (χ4v) is 5.99. The molecule has 4 nitrogen and oxygen atoms in total. The molecule has 3 heterocycles. The maximum absolute atomic E-state index is 13.5. The summed E-state index contributed by atoms with van der Waals surface area (Å²) in [6, 6.07) is 17.7. The first kappa shape index (κ1) is 20.5. The molecule has 160 valence electrons. The van der Waals surface area contributed by atoms with Crippen molar-refractivity contribution < 1.29 is 4.79 Å². The summed E-state index contributed by atoms with van der Waals surface area (Å²) >= 11 is 3.58. The van der Waals surface area contributed by atoms with E-state index < -0.39 is 5.54 Å². The first-order valence-electron chi connectivity index (χ1n) is 11.2. The third-order valence-corrected chi connectivity index (χ3v) is 7.70. The van der Waals surface area contributed by atoms with E-state index in [-0.39, 0.29) is 5.91 Å². The predicted octanol–water partition coefficient (Wildman–Crippen LogP) is 5.99. The quantitative estimate of drug-likeness (QED) is 0.462. The number of hydrogen-bond acceptors (Lipinski definition) is 2. The molecule has 3 aromatic rings. The molecule has 2 aliphatic heterocycles. The molecular formula is C26H28BrN3O. The van der Waals surface area contributed by atoms with Crippen molar-refractivity contribution in [1.82, 2.24) is 14.5 Å². The lowest BCUT2D eigenvalue weighted by Gasteiger charge is -2.40. The zero-order valence-electron chi connectivity index (χ0n) is 18.1. The Kier molecular flexibility index (Phi) is 5.25. The molecule has 0 radical (unpaired) electrons. The number of nitrogens with zero attached hydrogens (tertiary/aromatic N) is 3. The summed E-state index contributed by atoms with van der Waals surface area (Å²) < 4.78 is 3.33. The highest BCUT2D eigenvalue weighted by atomic mass is 79.9. The van der Waals surface area contributed by atoms with Gasteiger partial charge in [-0.2, -0.15) is 0 Å². The van der Waals surface area contributed by atoms with Gasteiger partial charge in [-0.15, -0.1) is 0 Å². The van der Waals surface area contributed by atoms with E-state index in [1.807, 2.05) is 6.20 Å². The lowest BCUT2D eigenvalue weighted by molar-refractivity contribution is -0.137. The Morgan fingerprint density at radius 2 is 1.81 bits per heavy atom. The van der Waals surface area contributed by atoms with Crippen molar-refractivity contribution in [3.05, 3.63) is 76.5 Å². The molecule has 0 saturated carbocycles. The highest BCUT2D eigenvalue weighted by molar-refractivity contribution is 9.10. The summed E-state index contributed by atoms with van der Waals surface area (Å²) in [6.45, 7) is 4.38. The number of aromatic nitrogens is 2. The number of hydrogen-bond donors (Lipinski definition) is 0. The minimum Gasteiger partial charge on any atom is -0.337 e. The standard InChI is InChI=1S/C26H28BrN3O/c1-18-6-5-7-19(2)30(18)24(31)14-15-26(20-10-12-21(27)13-11-20)23-9-4-3-8-22(23)25-28-16-17-29(25)26/h3-4,8-13,16-19H,5-7,14-15H2,1-2H3. The van der Waals surface area contributed by atoms with Crippen LogP contribution < -0.4 is 0 Å². The molecule has 0 bridgehead atoms. The van der Waals surface area contributed by atoms with Gasteiger partial charge in [0, 0.05) is 40.9 Å². The fourth-order valence-electron chi connectivity index (χ4n) is 5.73. The molecule has 31 heavy (non-hydrogen) atoms. The topological polar surface area (TPSA) is 38.1 Å². The van der Waals surface area contributed by atoms with Gasteiger partial charge < -0.3 is 9.47 Å².